The predicted molar refractivity (Wildman–Crippen MR) is 68.0 cm³/mol. The summed E-state index contributed by atoms with van der Waals surface area (Å²) in [7, 11) is 0. The van der Waals surface area contributed by atoms with Gasteiger partial charge in [0.25, 0.3) is 5.91 Å². The van der Waals surface area contributed by atoms with Crippen LogP contribution in [0.1, 0.15) is 0 Å². The number of nitrogens with one attached hydrogen (secondary N) is 2. The monoisotopic (exact) mass is 330 g/mol. The minimum Gasteiger partial charge on any atom is -0.478 e. The van der Waals surface area contributed by atoms with E-state index in [9.17, 15) is 18.8 Å². The van der Waals surface area contributed by atoms with Gasteiger partial charge in [-0.3, -0.25) is 10.1 Å². The van der Waals surface area contributed by atoms with Crippen molar-refractivity contribution in [1.29, 1.82) is 0 Å². The summed E-state index contributed by atoms with van der Waals surface area (Å²) in [4.78, 5) is 32.6. The summed E-state index contributed by atoms with van der Waals surface area (Å²) >= 11 is 3.03. The van der Waals surface area contributed by atoms with Gasteiger partial charge in [0.05, 0.1) is 5.69 Å². The third-order valence-corrected chi connectivity index (χ3v) is 2.45. The first kappa shape index (κ1) is 14.8. The molecule has 0 radical (unpaired) electrons. The highest BCUT2D eigenvalue weighted by Crippen LogP contribution is 2.22. The minimum atomic E-state index is -1.31. The fourth-order valence-electron chi connectivity index (χ4n) is 1.04. The zero-order valence-corrected chi connectivity index (χ0v) is 10.9. The summed E-state index contributed by atoms with van der Waals surface area (Å²) in [5, 5.41) is 12.4. The Balaban J connectivity index is 2.60. The molecular weight excluding hydrogens is 323 g/mol. The molecule has 3 amide bonds. The number of benzene rings is 1. The molecule has 8 heteroatoms. The molecule has 1 aromatic carbocycles. The number of rotatable bonds is 3. The number of aliphatic carboxylic acids is 1. The Morgan fingerprint density at radius 1 is 1.26 bits per heavy atom. The fourth-order valence-corrected chi connectivity index (χ4v) is 1.49. The Morgan fingerprint density at radius 3 is 2.53 bits per heavy atom. The van der Waals surface area contributed by atoms with Crippen LogP contribution in [0.25, 0.3) is 0 Å². The summed E-state index contributed by atoms with van der Waals surface area (Å²) in [5.74, 6) is -2.69. The van der Waals surface area contributed by atoms with Crippen molar-refractivity contribution in [2.45, 2.75) is 0 Å². The molecule has 0 unspecified atom stereocenters. The molecule has 6 nitrogen and oxygen atoms in total. The van der Waals surface area contributed by atoms with E-state index in [2.05, 4.69) is 21.2 Å². The summed E-state index contributed by atoms with van der Waals surface area (Å²) in [6.07, 6.45) is 1.29. The van der Waals surface area contributed by atoms with Gasteiger partial charge in [-0.1, -0.05) is 0 Å². The first-order valence-corrected chi connectivity index (χ1v) is 5.66. The lowest BCUT2D eigenvalue weighted by Crippen LogP contribution is -2.33. The Hall–Kier alpha value is -2.22. The average molecular weight is 331 g/mol. The van der Waals surface area contributed by atoms with Crippen molar-refractivity contribution in [3.63, 3.8) is 0 Å². The molecule has 0 aliphatic carbocycles. The van der Waals surface area contributed by atoms with E-state index < -0.39 is 23.7 Å². The van der Waals surface area contributed by atoms with Crippen LogP contribution in [0, 0.1) is 5.82 Å². The number of urea groups is 1. The van der Waals surface area contributed by atoms with Gasteiger partial charge in [-0.25, -0.2) is 14.0 Å². The summed E-state index contributed by atoms with van der Waals surface area (Å²) in [6.45, 7) is 0. The average Bonchev–Trinajstić information content (AvgIpc) is 2.30. The van der Waals surface area contributed by atoms with Crippen molar-refractivity contribution >= 4 is 39.5 Å². The van der Waals surface area contributed by atoms with Gasteiger partial charge in [-0.15, -0.1) is 0 Å². The number of hydrogen-bond donors (Lipinski definition) is 3. The second kappa shape index (κ2) is 6.64. The van der Waals surface area contributed by atoms with Crippen molar-refractivity contribution in [3.05, 3.63) is 40.6 Å². The maximum atomic E-state index is 12.8. The van der Waals surface area contributed by atoms with E-state index in [1.165, 1.54) is 6.07 Å². The molecule has 0 aromatic heterocycles. The standard InChI is InChI=1S/C11H8BrFN2O4/c12-7-5-6(13)1-2-8(7)14-11(19)15-9(16)3-4-10(17)18/h1-5H,(H,17,18)(H2,14,15,16,19)/b4-3+. The smallest absolute Gasteiger partial charge is 0.328 e. The molecule has 0 fully saturated rings. The Morgan fingerprint density at radius 2 is 1.95 bits per heavy atom. The Kier molecular flexibility index (Phi) is 5.19. The molecule has 0 saturated carbocycles. The Labute approximate surface area is 115 Å². The van der Waals surface area contributed by atoms with Crippen molar-refractivity contribution in [2.24, 2.45) is 0 Å². The van der Waals surface area contributed by atoms with Crippen molar-refractivity contribution in [1.82, 2.24) is 5.32 Å². The zero-order valence-electron chi connectivity index (χ0n) is 9.31. The van der Waals surface area contributed by atoms with Gasteiger partial charge in [0, 0.05) is 16.6 Å². The molecule has 0 atom stereocenters. The van der Waals surface area contributed by atoms with Crippen LogP contribution in [0.3, 0.4) is 0 Å². The van der Waals surface area contributed by atoms with Crippen molar-refractivity contribution in [2.75, 3.05) is 5.32 Å². The van der Waals surface area contributed by atoms with Gasteiger partial charge in [0.15, 0.2) is 0 Å². The van der Waals surface area contributed by atoms with Gasteiger partial charge < -0.3 is 10.4 Å². The highest BCUT2D eigenvalue weighted by Gasteiger charge is 2.08. The van der Waals surface area contributed by atoms with Crippen LogP contribution in [0.5, 0.6) is 0 Å². The number of carbonyl (C=O) groups excluding carboxylic acids is 2. The molecule has 1 aromatic rings. The van der Waals surface area contributed by atoms with E-state index in [-0.39, 0.29) is 5.69 Å². The molecule has 0 bridgehead atoms. The number of carboxylic acid groups (broad SMARTS) is 1. The topological polar surface area (TPSA) is 95.5 Å². The molecule has 19 heavy (non-hydrogen) atoms. The molecule has 3 N–H and O–H groups in total. The van der Waals surface area contributed by atoms with Crippen LogP contribution in [0.15, 0.2) is 34.8 Å². The van der Waals surface area contributed by atoms with E-state index in [0.717, 1.165) is 12.1 Å². The largest absolute Gasteiger partial charge is 0.478 e. The van der Waals surface area contributed by atoms with Gasteiger partial charge >= 0.3 is 12.0 Å². The molecule has 100 valence electrons. The SMILES string of the molecule is O=C(O)/C=C/C(=O)NC(=O)Nc1ccc(F)cc1Br. The number of amides is 3. The van der Waals surface area contributed by atoms with Gasteiger partial charge in [0.2, 0.25) is 0 Å². The molecule has 1 rings (SSSR count). The number of halogens is 2. The normalized spacial score (nSPS) is 10.2. The van der Waals surface area contributed by atoms with E-state index in [0.29, 0.717) is 16.6 Å². The predicted octanol–water partition coefficient (Wildman–Crippen LogP) is 1.88. The highest BCUT2D eigenvalue weighted by molar-refractivity contribution is 9.10. The van der Waals surface area contributed by atoms with Gasteiger partial charge in [0.1, 0.15) is 5.82 Å². The number of hydrogen-bond acceptors (Lipinski definition) is 3. The molecule has 0 spiro atoms. The number of imide groups is 1. The zero-order chi connectivity index (χ0) is 14.4. The van der Waals surface area contributed by atoms with Crippen LogP contribution in [-0.4, -0.2) is 23.0 Å². The third kappa shape index (κ3) is 5.30. The molecule has 0 heterocycles. The van der Waals surface area contributed by atoms with Crippen molar-refractivity contribution in [3.8, 4) is 0 Å². The maximum absolute atomic E-state index is 12.8. The molecule has 0 saturated heterocycles. The molecule has 0 aliphatic heterocycles. The summed E-state index contributed by atoms with van der Waals surface area (Å²) in [6, 6.07) is 2.71. The van der Waals surface area contributed by atoms with Crippen LogP contribution >= 0.6 is 15.9 Å². The first-order valence-electron chi connectivity index (χ1n) is 4.86. The lowest BCUT2D eigenvalue weighted by Gasteiger charge is -2.07. The van der Waals surface area contributed by atoms with Crippen LogP contribution in [-0.2, 0) is 9.59 Å². The maximum Gasteiger partial charge on any atom is 0.328 e. The Bertz CT molecular complexity index is 560. The summed E-state index contributed by atoms with van der Waals surface area (Å²) in [5.41, 5.74) is 0.258. The van der Waals surface area contributed by atoms with E-state index >= 15 is 0 Å². The van der Waals surface area contributed by atoms with E-state index in [4.69, 9.17) is 5.11 Å². The van der Waals surface area contributed by atoms with Crippen LogP contribution in [0.2, 0.25) is 0 Å². The van der Waals surface area contributed by atoms with Crippen molar-refractivity contribution < 1.29 is 23.9 Å². The number of anilines is 1. The lowest BCUT2D eigenvalue weighted by molar-refractivity contribution is -0.131. The lowest BCUT2D eigenvalue weighted by atomic mass is 10.3. The van der Waals surface area contributed by atoms with Gasteiger partial charge in [-0.05, 0) is 34.1 Å². The van der Waals surface area contributed by atoms with Gasteiger partial charge in [-0.2, -0.15) is 0 Å². The second-order valence-corrected chi connectivity index (χ2v) is 4.09. The summed E-state index contributed by atoms with van der Waals surface area (Å²) < 4.78 is 13.1. The van der Waals surface area contributed by atoms with Crippen LogP contribution < -0.4 is 10.6 Å². The number of carboxylic acids is 1. The second-order valence-electron chi connectivity index (χ2n) is 3.24. The highest BCUT2D eigenvalue weighted by atomic mass is 79.9. The van der Waals surface area contributed by atoms with Crippen LogP contribution in [0.4, 0.5) is 14.9 Å². The quantitative estimate of drug-likeness (QED) is 0.737. The van der Waals surface area contributed by atoms with E-state index in [1.807, 2.05) is 5.32 Å². The number of carbonyl (C=O) groups is 3. The fraction of sp³-hybridized carbons (Fsp3) is 0. The molecule has 0 aliphatic rings. The van der Waals surface area contributed by atoms with E-state index in [1.54, 1.807) is 0 Å². The minimum absolute atomic E-state index is 0.258. The molecular formula is C11H8BrFN2O4. The first-order chi connectivity index (χ1) is 8.88. The third-order valence-electron chi connectivity index (χ3n) is 1.79.